The topological polar surface area (TPSA) is 45.0 Å². The zero-order valence-electron chi connectivity index (χ0n) is 11.3. The quantitative estimate of drug-likeness (QED) is 0.694. The summed E-state index contributed by atoms with van der Waals surface area (Å²) in [7, 11) is 0. The van der Waals surface area contributed by atoms with Gasteiger partial charge in [0.15, 0.2) is 0 Å². The van der Waals surface area contributed by atoms with Crippen molar-refractivity contribution in [2.45, 2.75) is 57.9 Å². The summed E-state index contributed by atoms with van der Waals surface area (Å²) >= 11 is 0. The Balaban J connectivity index is 2.12. The fourth-order valence-corrected chi connectivity index (χ4v) is 2.45. The van der Waals surface area contributed by atoms with E-state index in [-0.39, 0.29) is 0 Å². The Morgan fingerprint density at radius 1 is 1.35 bits per heavy atom. The number of hydrogen-bond acceptors (Lipinski definition) is 3. The van der Waals surface area contributed by atoms with E-state index in [2.05, 4.69) is 11.4 Å². The molecule has 0 bridgehead atoms. The minimum absolute atomic E-state index is 0.429. The third-order valence-corrected chi connectivity index (χ3v) is 3.64. The Bertz CT molecular complexity index is 243. The van der Waals surface area contributed by atoms with Crippen molar-refractivity contribution < 1.29 is 4.74 Å². The van der Waals surface area contributed by atoms with Crippen molar-refractivity contribution in [1.29, 1.82) is 5.26 Å². The molecule has 0 saturated heterocycles. The maximum absolute atomic E-state index is 9.10. The molecule has 0 radical (unpaired) electrons. The maximum Gasteiger partial charge on any atom is 0.106 e. The molecule has 0 spiro atoms. The average Bonchev–Trinajstić information content (AvgIpc) is 2.36. The highest BCUT2D eigenvalue weighted by Gasteiger charge is 2.22. The molecular formula is C14H26N2O. The van der Waals surface area contributed by atoms with Gasteiger partial charge in [0.25, 0.3) is 0 Å². The second-order valence-corrected chi connectivity index (χ2v) is 5.30. The first kappa shape index (κ1) is 14.5. The molecule has 0 aromatic heterocycles. The standard InChI is InChI=1S/C14H26N2O/c1-3-16-14(2,12-15)9-10-17-11-13-7-5-4-6-8-13/h13,16H,3-11H2,1-2H3. The van der Waals surface area contributed by atoms with Crippen molar-refractivity contribution in [1.82, 2.24) is 5.32 Å². The highest BCUT2D eigenvalue weighted by Crippen LogP contribution is 2.23. The van der Waals surface area contributed by atoms with Crippen LogP contribution in [0.1, 0.15) is 52.4 Å². The monoisotopic (exact) mass is 238 g/mol. The molecule has 0 aromatic rings. The molecule has 1 atom stereocenters. The number of ether oxygens (including phenoxy) is 1. The van der Waals surface area contributed by atoms with Crippen molar-refractivity contribution in [3.63, 3.8) is 0 Å². The second-order valence-electron chi connectivity index (χ2n) is 5.30. The van der Waals surface area contributed by atoms with Crippen LogP contribution in [0.3, 0.4) is 0 Å². The van der Waals surface area contributed by atoms with Crippen LogP contribution in [0.5, 0.6) is 0 Å². The molecule has 98 valence electrons. The van der Waals surface area contributed by atoms with E-state index in [1.54, 1.807) is 0 Å². The predicted molar refractivity (Wildman–Crippen MR) is 69.7 cm³/mol. The number of rotatable bonds is 7. The van der Waals surface area contributed by atoms with Crippen LogP contribution in [0.4, 0.5) is 0 Å². The number of nitriles is 1. The lowest BCUT2D eigenvalue weighted by Crippen LogP contribution is -2.41. The molecule has 1 aliphatic rings. The summed E-state index contributed by atoms with van der Waals surface area (Å²) in [5, 5.41) is 12.3. The van der Waals surface area contributed by atoms with E-state index in [0.717, 1.165) is 25.5 Å². The minimum Gasteiger partial charge on any atom is -0.381 e. The van der Waals surface area contributed by atoms with Gasteiger partial charge in [-0.2, -0.15) is 5.26 Å². The normalized spacial score (nSPS) is 20.8. The fraction of sp³-hybridized carbons (Fsp3) is 0.929. The van der Waals surface area contributed by atoms with Crippen molar-refractivity contribution in [2.75, 3.05) is 19.8 Å². The Kier molecular flexibility index (Phi) is 6.54. The molecule has 3 nitrogen and oxygen atoms in total. The van der Waals surface area contributed by atoms with Gasteiger partial charge in [0.05, 0.1) is 6.07 Å². The zero-order valence-corrected chi connectivity index (χ0v) is 11.3. The Morgan fingerprint density at radius 2 is 2.06 bits per heavy atom. The average molecular weight is 238 g/mol. The molecule has 3 heteroatoms. The highest BCUT2D eigenvalue weighted by atomic mass is 16.5. The molecular weight excluding hydrogens is 212 g/mol. The van der Waals surface area contributed by atoms with E-state index in [0.29, 0.717) is 6.61 Å². The molecule has 0 aliphatic heterocycles. The fourth-order valence-electron chi connectivity index (χ4n) is 2.45. The largest absolute Gasteiger partial charge is 0.381 e. The molecule has 0 amide bonds. The summed E-state index contributed by atoms with van der Waals surface area (Å²) < 4.78 is 5.73. The lowest BCUT2D eigenvalue weighted by molar-refractivity contribution is 0.0751. The van der Waals surface area contributed by atoms with Gasteiger partial charge in [-0.15, -0.1) is 0 Å². The van der Waals surface area contributed by atoms with Gasteiger partial charge in [-0.05, 0) is 32.2 Å². The summed E-state index contributed by atoms with van der Waals surface area (Å²) in [4.78, 5) is 0. The van der Waals surface area contributed by atoms with E-state index < -0.39 is 5.54 Å². The van der Waals surface area contributed by atoms with Crippen LogP contribution < -0.4 is 5.32 Å². The molecule has 1 saturated carbocycles. The van der Waals surface area contributed by atoms with Gasteiger partial charge in [-0.25, -0.2) is 0 Å². The van der Waals surface area contributed by atoms with Gasteiger partial charge in [0, 0.05) is 19.6 Å². The molecule has 1 rings (SSSR count). The van der Waals surface area contributed by atoms with Crippen molar-refractivity contribution >= 4 is 0 Å². The molecule has 1 N–H and O–H groups in total. The van der Waals surface area contributed by atoms with Crippen LogP contribution in [-0.4, -0.2) is 25.3 Å². The summed E-state index contributed by atoms with van der Waals surface area (Å²) in [6.07, 6.45) is 7.53. The van der Waals surface area contributed by atoms with Gasteiger partial charge in [-0.1, -0.05) is 26.2 Å². The van der Waals surface area contributed by atoms with E-state index in [1.807, 2.05) is 13.8 Å². The first-order valence-corrected chi connectivity index (χ1v) is 6.94. The molecule has 0 aromatic carbocycles. The number of nitrogens with zero attached hydrogens (tertiary/aromatic N) is 1. The molecule has 17 heavy (non-hydrogen) atoms. The molecule has 1 aliphatic carbocycles. The van der Waals surface area contributed by atoms with E-state index in [4.69, 9.17) is 10.00 Å². The first-order valence-electron chi connectivity index (χ1n) is 6.94. The number of hydrogen-bond donors (Lipinski definition) is 1. The first-order chi connectivity index (χ1) is 8.20. The Hall–Kier alpha value is -0.590. The van der Waals surface area contributed by atoms with Crippen LogP contribution in [0.15, 0.2) is 0 Å². The van der Waals surface area contributed by atoms with Gasteiger partial charge in [0.1, 0.15) is 5.54 Å². The number of nitrogens with one attached hydrogen (secondary N) is 1. The van der Waals surface area contributed by atoms with E-state index in [1.165, 1.54) is 32.1 Å². The minimum atomic E-state index is -0.429. The Labute approximate surface area is 106 Å². The molecule has 1 fully saturated rings. The van der Waals surface area contributed by atoms with Crippen LogP contribution in [0.2, 0.25) is 0 Å². The van der Waals surface area contributed by atoms with Gasteiger partial charge in [0.2, 0.25) is 0 Å². The SMILES string of the molecule is CCNC(C)(C#N)CCOCC1CCCCC1. The maximum atomic E-state index is 9.10. The lowest BCUT2D eigenvalue weighted by Gasteiger charge is -2.24. The second kappa shape index (κ2) is 7.68. The van der Waals surface area contributed by atoms with Crippen molar-refractivity contribution in [2.24, 2.45) is 5.92 Å². The van der Waals surface area contributed by atoms with Crippen molar-refractivity contribution in [3.05, 3.63) is 0 Å². The lowest BCUT2D eigenvalue weighted by atomic mass is 9.90. The van der Waals surface area contributed by atoms with Crippen LogP contribution in [0.25, 0.3) is 0 Å². The third kappa shape index (κ3) is 5.52. The smallest absolute Gasteiger partial charge is 0.106 e. The predicted octanol–water partition coefficient (Wildman–Crippen LogP) is 2.87. The zero-order chi connectivity index (χ0) is 12.6. The van der Waals surface area contributed by atoms with Gasteiger partial charge >= 0.3 is 0 Å². The summed E-state index contributed by atoms with van der Waals surface area (Å²) in [5.41, 5.74) is -0.429. The van der Waals surface area contributed by atoms with Crippen molar-refractivity contribution in [3.8, 4) is 6.07 Å². The third-order valence-electron chi connectivity index (χ3n) is 3.64. The highest BCUT2D eigenvalue weighted by molar-refractivity contribution is 5.03. The molecule has 1 unspecified atom stereocenters. The summed E-state index contributed by atoms with van der Waals surface area (Å²) in [6, 6.07) is 2.33. The van der Waals surface area contributed by atoms with E-state index in [9.17, 15) is 0 Å². The van der Waals surface area contributed by atoms with Crippen LogP contribution in [-0.2, 0) is 4.74 Å². The Morgan fingerprint density at radius 3 is 2.65 bits per heavy atom. The summed E-state index contributed by atoms with van der Waals surface area (Å²) in [6.45, 7) is 6.37. The molecule has 0 heterocycles. The van der Waals surface area contributed by atoms with Crippen LogP contribution >= 0.6 is 0 Å². The van der Waals surface area contributed by atoms with Gasteiger partial charge < -0.3 is 4.74 Å². The van der Waals surface area contributed by atoms with E-state index >= 15 is 0 Å². The summed E-state index contributed by atoms with van der Waals surface area (Å²) in [5.74, 6) is 0.760. The van der Waals surface area contributed by atoms with Crippen LogP contribution in [0, 0.1) is 17.2 Å². The van der Waals surface area contributed by atoms with Gasteiger partial charge in [-0.3, -0.25) is 5.32 Å².